The largest absolute Gasteiger partial charge is 0.368 e. The van der Waals surface area contributed by atoms with Crippen molar-refractivity contribution in [2.75, 3.05) is 6.61 Å². The third-order valence-corrected chi connectivity index (χ3v) is 4.26. The summed E-state index contributed by atoms with van der Waals surface area (Å²) < 4.78 is 15.9. The molecule has 2 aromatic rings. The van der Waals surface area contributed by atoms with E-state index in [9.17, 15) is 4.79 Å². The monoisotopic (exact) mass is 318 g/mol. The van der Waals surface area contributed by atoms with Crippen LogP contribution in [-0.2, 0) is 24.1 Å². The van der Waals surface area contributed by atoms with Gasteiger partial charge in [0.2, 0.25) is 5.76 Å². The van der Waals surface area contributed by atoms with Crippen LogP contribution in [0.3, 0.4) is 0 Å². The quantitative estimate of drug-likeness (QED) is 0.915. The molecule has 0 spiro atoms. The van der Waals surface area contributed by atoms with Gasteiger partial charge in [-0.05, 0) is 38.5 Å². The number of nitrogens with one attached hydrogen (secondary N) is 1. The second-order valence-electron chi connectivity index (χ2n) is 5.88. The van der Waals surface area contributed by atoms with E-state index in [2.05, 4.69) is 20.6 Å². The van der Waals surface area contributed by atoms with Crippen molar-refractivity contribution in [3.8, 4) is 0 Å². The van der Waals surface area contributed by atoms with Crippen LogP contribution in [0.25, 0.3) is 0 Å². The first-order valence-electron chi connectivity index (χ1n) is 8.01. The van der Waals surface area contributed by atoms with Crippen LogP contribution in [0.5, 0.6) is 0 Å². The van der Waals surface area contributed by atoms with E-state index in [1.807, 2.05) is 0 Å². The van der Waals surface area contributed by atoms with Crippen LogP contribution in [0.4, 0.5) is 0 Å². The number of hydrogen-bond acceptors (Lipinski definition) is 7. The Labute approximate surface area is 132 Å². The molecule has 0 aromatic carbocycles. The molecule has 3 heterocycles. The first kappa shape index (κ1) is 14.4. The van der Waals surface area contributed by atoms with Gasteiger partial charge in [-0.2, -0.15) is 4.98 Å². The predicted octanol–water partition coefficient (Wildman–Crippen LogP) is 1.72. The highest BCUT2D eigenvalue weighted by Gasteiger charge is 2.26. The van der Waals surface area contributed by atoms with E-state index in [4.69, 9.17) is 13.8 Å². The molecule has 8 nitrogen and oxygen atoms in total. The summed E-state index contributed by atoms with van der Waals surface area (Å²) in [7, 11) is 0. The summed E-state index contributed by atoms with van der Waals surface area (Å²) in [6.45, 7) is 0.903. The van der Waals surface area contributed by atoms with Gasteiger partial charge >= 0.3 is 0 Å². The SMILES string of the molecule is O=C(NCc1noc([C@H]2CCCO2)n1)c1onc2c1CCCC2. The van der Waals surface area contributed by atoms with Crippen molar-refractivity contribution in [1.29, 1.82) is 0 Å². The van der Waals surface area contributed by atoms with Crippen molar-refractivity contribution in [3.05, 3.63) is 28.7 Å². The van der Waals surface area contributed by atoms with Crippen molar-refractivity contribution in [1.82, 2.24) is 20.6 Å². The summed E-state index contributed by atoms with van der Waals surface area (Å²) in [5.74, 6) is 0.924. The Hall–Kier alpha value is -2.22. The number of ether oxygens (including phenoxy) is 1. The van der Waals surface area contributed by atoms with E-state index in [1.54, 1.807) is 0 Å². The molecular weight excluding hydrogens is 300 g/mol. The van der Waals surface area contributed by atoms with E-state index in [0.29, 0.717) is 17.5 Å². The standard InChI is InChI=1S/C15H18N4O4/c20-14(13-9-4-1-2-5-10(9)18-22-13)16-8-12-17-15(23-19-12)11-6-3-7-21-11/h11H,1-8H2,(H,16,20)/t11-/m1/s1. The molecule has 1 amide bonds. The molecule has 1 N–H and O–H groups in total. The molecule has 1 saturated heterocycles. The molecule has 1 aliphatic carbocycles. The van der Waals surface area contributed by atoms with Gasteiger partial charge in [-0.25, -0.2) is 0 Å². The molecular formula is C15H18N4O4. The van der Waals surface area contributed by atoms with Gasteiger partial charge in [0.1, 0.15) is 6.10 Å². The first-order chi connectivity index (χ1) is 11.3. The zero-order valence-corrected chi connectivity index (χ0v) is 12.7. The summed E-state index contributed by atoms with van der Waals surface area (Å²) in [4.78, 5) is 16.5. The lowest BCUT2D eigenvalue weighted by Gasteiger charge is -2.08. The summed E-state index contributed by atoms with van der Waals surface area (Å²) in [6, 6.07) is 0. The highest BCUT2D eigenvalue weighted by atomic mass is 16.5. The van der Waals surface area contributed by atoms with Crippen molar-refractivity contribution >= 4 is 5.91 Å². The number of rotatable bonds is 4. The van der Waals surface area contributed by atoms with Crippen LogP contribution in [0.2, 0.25) is 0 Å². The highest BCUT2D eigenvalue weighted by molar-refractivity contribution is 5.92. The summed E-state index contributed by atoms with van der Waals surface area (Å²) in [5.41, 5.74) is 1.84. The van der Waals surface area contributed by atoms with E-state index >= 15 is 0 Å². The van der Waals surface area contributed by atoms with Crippen LogP contribution in [0.1, 0.15) is 65.3 Å². The van der Waals surface area contributed by atoms with Gasteiger partial charge in [0.15, 0.2) is 5.82 Å². The lowest BCUT2D eigenvalue weighted by atomic mass is 9.96. The van der Waals surface area contributed by atoms with E-state index in [1.165, 1.54) is 0 Å². The van der Waals surface area contributed by atoms with Crippen molar-refractivity contribution in [2.24, 2.45) is 0 Å². The average Bonchev–Trinajstić information content (AvgIpc) is 3.31. The Morgan fingerprint density at radius 3 is 2.96 bits per heavy atom. The number of hydrogen-bond donors (Lipinski definition) is 1. The normalized spacial score (nSPS) is 20.4. The average molecular weight is 318 g/mol. The van der Waals surface area contributed by atoms with Crippen LogP contribution in [0, 0.1) is 0 Å². The van der Waals surface area contributed by atoms with E-state index in [-0.39, 0.29) is 18.6 Å². The van der Waals surface area contributed by atoms with Gasteiger partial charge in [0.05, 0.1) is 12.2 Å². The molecule has 0 saturated carbocycles. The molecule has 1 atom stereocenters. The molecule has 4 rings (SSSR count). The van der Waals surface area contributed by atoms with E-state index in [0.717, 1.165) is 56.4 Å². The second-order valence-corrected chi connectivity index (χ2v) is 5.88. The number of nitrogens with zero attached hydrogens (tertiary/aromatic N) is 3. The van der Waals surface area contributed by atoms with Gasteiger partial charge in [0.25, 0.3) is 11.8 Å². The van der Waals surface area contributed by atoms with Crippen LogP contribution in [-0.4, -0.2) is 27.8 Å². The fourth-order valence-electron chi connectivity index (χ4n) is 3.05. The Balaban J connectivity index is 1.39. The highest BCUT2D eigenvalue weighted by Crippen LogP contribution is 2.27. The maximum atomic E-state index is 12.3. The number of carbonyl (C=O) groups excluding carboxylic acids is 1. The maximum absolute atomic E-state index is 12.3. The van der Waals surface area contributed by atoms with E-state index < -0.39 is 0 Å². The molecule has 23 heavy (non-hydrogen) atoms. The minimum atomic E-state index is -0.288. The van der Waals surface area contributed by atoms with Crippen LogP contribution >= 0.6 is 0 Å². The van der Waals surface area contributed by atoms with Gasteiger partial charge in [0, 0.05) is 12.2 Å². The lowest BCUT2D eigenvalue weighted by molar-refractivity contribution is 0.0835. The summed E-state index contributed by atoms with van der Waals surface area (Å²) in [5, 5.41) is 10.6. The van der Waals surface area contributed by atoms with Gasteiger partial charge in [-0.15, -0.1) is 0 Å². The van der Waals surface area contributed by atoms with Gasteiger partial charge < -0.3 is 19.1 Å². The number of amides is 1. The molecule has 1 fully saturated rings. The maximum Gasteiger partial charge on any atom is 0.290 e. The number of aromatic nitrogens is 3. The minimum Gasteiger partial charge on any atom is -0.368 e. The predicted molar refractivity (Wildman–Crippen MR) is 76.5 cm³/mol. The molecule has 0 radical (unpaired) electrons. The topological polar surface area (TPSA) is 103 Å². The molecule has 122 valence electrons. The zero-order valence-electron chi connectivity index (χ0n) is 12.7. The second kappa shape index (κ2) is 6.11. The summed E-state index contributed by atoms with van der Waals surface area (Å²) in [6.07, 6.45) is 5.63. The number of aryl methyl sites for hydroxylation is 1. The lowest BCUT2D eigenvalue weighted by Crippen LogP contribution is -2.24. The Kier molecular flexibility index (Phi) is 3.82. The number of fused-ring (bicyclic) bond motifs is 1. The first-order valence-corrected chi connectivity index (χ1v) is 8.01. The minimum absolute atomic E-state index is 0.117. The van der Waals surface area contributed by atoms with Gasteiger partial charge in [-0.3, -0.25) is 4.79 Å². The fraction of sp³-hybridized carbons (Fsp3) is 0.600. The molecule has 1 aliphatic heterocycles. The van der Waals surface area contributed by atoms with Crippen molar-refractivity contribution in [3.63, 3.8) is 0 Å². The molecule has 0 bridgehead atoms. The van der Waals surface area contributed by atoms with Crippen LogP contribution < -0.4 is 5.32 Å². The Bertz CT molecular complexity index is 702. The zero-order chi connectivity index (χ0) is 15.6. The molecule has 2 aliphatic rings. The molecule has 8 heteroatoms. The Morgan fingerprint density at radius 1 is 1.17 bits per heavy atom. The number of carbonyl (C=O) groups is 1. The molecule has 2 aromatic heterocycles. The third kappa shape index (κ3) is 2.86. The third-order valence-electron chi connectivity index (χ3n) is 4.26. The van der Waals surface area contributed by atoms with Crippen molar-refractivity contribution in [2.45, 2.75) is 51.2 Å². The fourth-order valence-corrected chi connectivity index (χ4v) is 3.05. The van der Waals surface area contributed by atoms with Crippen LogP contribution in [0.15, 0.2) is 9.05 Å². The molecule has 0 unspecified atom stereocenters. The van der Waals surface area contributed by atoms with Crippen molar-refractivity contribution < 1.29 is 18.6 Å². The smallest absolute Gasteiger partial charge is 0.290 e. The van der Waals surface area contributed by atoms with Gasteiger partial charge in [-0.1, -0.05) is 10.3 Å². The Morgan fingerprint density at radius 2 is 2.09 bits per heavy atom. The summed E-state index contributed by atoms with van der Waals surface area (Å²) >= 11 is 0.